The van der Waals surface area contributed by atoms with Crippen molar-refractivity contribution < 1.29 is 4.79 Å². The van der Waals surface area contributed by atoms with Crippen molar-refractivity contribution in [3.63, 3.8) is 0 Å². The molecular formula is C25H42O. The second kappa shape index (κ2) is 6.35. The summed E-state index contributed by atoms with van der Waals surface area (Å²) in [6.07, 6.45) is 15.2. The zero-order valence-electron chi connectivity index (χ0n) is 18.1. The minimum Gasteiger partial charge on any atom is -0.300 e. The van der Waals surface area contributed by atoms with Gasteiger partial charge in [0.2, 0.25) is 0 Å². The predicted molar refractivity (Wildman–Crippen MR) is 109 cm³/mol. The van der Waals surface area contributed by atoms with Crippen LogP contribution in [0.4, 0.5) is 0 Å². The van der Waals surface area contributed by atoms with E-state index in [4.69, 9.17) is 0 Å². The summed E-state index contributed by atoms with van der Waals surface area (Å²) in [5, 5.41) is 0. The molecule has 4 saturated carbocycles. The number of hydrogen-bond donors (Lipinski definition) is 0. The summed E-state index contributed by atoms with van der Waals surface area (Å²) in [7, 11) is 0. The van der Waals surface area contributed by atoms with Crippen molar-refractivity contribution in [1.29, 1.82) is 0 Å². The Balaban J connectivity index is 1.72. The molecule has 0 amide bonds. The Bertz CT molecular complexity index is 567. The fourth-order valence-electron chi connectivity index (χ4n) is 9.34. The zero-order chi connectivity index (χ0) is 18.7. The number of hydrogen-bond acceptors (Lipinski definition) is 1. The highest BCUT2D eigenvalue weighted by Crippen LogP contribution is 2.74. The lowest BCUT2D eigenvalue weighted by Crippen LogP contribution is -2.58. The molecule has 0 N–H and O–H groups in total. The fraction of sp³-hybridized carbons (Fsp3) is 0.960. The molecule has 8 unspecified atom stereocenters. The van der Waals surface area contributed by atoms with Gasteiger partial charge >= 0.3 is 0 Å². The quantitative estimate of drug-likeness (QED) is 0.528. The van der Waals surface area contributed by atoms with Crippen molar-refractivity contribution in [3.05, 3.63) is 0 Å². The number of carbonyl (C=O) groups excluding carboxylic acids is 1. The van der Waals surface area contributed by atoms with E-state index in [-0.39, 0.29) is 5.41 Å². The van der Waals surface area contributed by atoms with E-state index in [0.29, 0.717) is 22.5 Å². The topological polar surface area (TPSA) is 17.1 Å². The van der Waals surface area contributed by atoms with Gasteiger partial charge in [0.05, 0.1) is 0 Å². The van der Waals surface area contributed by atoms with Crippen LogP contribution >= 0.6 is 0 Å². The van der Waals surface area contributed by atoms with Crippen LogP contribution in [0, 0.1) is 45.8 Å². The van der Waals surface area contributed by atoms with Crippen molar-refractivity contribution in [2.45, 2.75) is 105 Å². The largest absolute Gasteiger partial charge is 0.300 e. The van der Waals surface area contributed by atoms with Gasteiger partial charge in [-0.25, -0.2) is 0 Å². The first-order valence-electron chi connectivity index (χ1n) is 11.8. The lowest BCUT2D eigenvalue weighted by Gasteiger charge is -2.65. The molecule has 0 saturated heterocycles. The average molecular weight is 359 g/mol. The van der Waals surface area contributed by atoms with Gasteiger partial charge in [-0.3, -0.25) is 4.79 Å². The molecule has 0 spiro atoms. The molecule has 8 atom stereocenters. The summed E-state index contributed by atoms with van der Waals surface area (Å²) in [5.74, 6) is 4.55. The summed E-state index contributed by atoms with van der Waals surface area (Å²) < 4.78 is 0. The smallest absolute Gasteiger partial charge is 0.133 e. The van der Waals surface area contributed by atoms with Crippen molar-refractivity contribution >= 4 is 5.78 Å². The molecule has 0 aromatic heterocycles. The molecule has 26 heavy (non-hydrogen) atoms. The standard InChI is InChI=1S/C25H42O/c1-6-12-25-15-11-20(18(3)26)24(25,5)14-10-21-22(25)8-7-19-16-17(2)9-13-23(19,21)4/h17,19-22H,6-16H2,1-5H3. The maximum Gasteiger partial charge on any atom is 0.133 e. The van der Waals surface area contributed by atoms with Gasteiger partial charge in [0.25, 0.3) is 0 Å². The van der Waals surface area contributed by atoms with Crippen LogP contribution in [0.15, 0.2) is 0 Å². The van der Waals surface area contributed by atoms with E-state index in [1.165, 1.54) is 70.6 Å². The first kappa shape index (κ1) is 19.0. The highest BCUT2D eigenvalue weighted by atomic mass is 16.1. The molecule has 0 bridgehead atoms. The van der Waals surface area contributed by atoms with Gasteiger partial charge in [-0.2, -0.15) is 0 Å². The normalized spacial score (nSPS) is 53.5. The number of carbonyl (C=O) groups is 1. The summed E-state index contributed by atoms with van der Waals surface area (Å²) in [6, 6.07) is 0. The second-order valence-corrected chi connectivity index (χ2v) is 11.4. The van der Waals surface area contributed by atoms with E-state index >= 15 is 0 Å². The molecule has 0 radical (unpaired) electrons. The molecule has 1 heteroatoms. The molecular weight excluding hydrogens is 316 g/mol. The number of rotatable bonds is 3. The molecule has 0 aromatic carbocycles. The highest BCUT2D eigenvalue weighted by molar-refractivity contribution is 5.79. The van der Waals surface area contributed by atoms with E-state index in [0.717, 1.165) is 23.7 Å². The molecule has 4 fully saturated rings. The van der Waals surface area contributed by atoms with E-state index in [1.54, 1.807) is 0 Å². The first-order chi connectivity index (χ1) is 12.3. The Morgan fingerprint density at radius 3 is 2.42 bits per heavy atom. The third-order valence-electron chi connectivity index (χ3n) is 10.6. The summed E-state index contributed by atoms with van der Waals surface area (Å²) in [4.78, 5) is 12.5. The van der Waals surface area contributed by atoms with Gasteiger partial charge in [0.15, 0.2) is 0 Å². The molecule has 4 aliphatic rings. The number of Topliss-reactive ketones (excluding diaryl/α,β-unsaturated/α-hetero) is 1. The lowest BCUT2D eigenvalue weighted by atomic mass is 9.39. The third kappa shape index (κ3) is 2.37. The lowest BCUT2D eigenvalue weighted by molar-refractivity contribution is -0.170. The first-order valence-corrected chi connectivity index (χ1v) is 11.8. The van der Waals surface area contributed by atoms with Gasteiger partial charge < -0.3 is 0 Å². The summed E-state index contributed by atoms with van der Waals surface area (Å²) in [6.45, 7) is 12.0. The minimum atomic E-state index is 0.279. The maximum absolute atomic E-state index is 12.5. The van der Waals surface area contributed by atoms with Crippen molar-refractivity contribution in [2.75, 3.05) is 0 Å². The van der Waals surface area contributed by atoms with Crippen LogP contribution in [0.25, 0.3) is 0 Å². The molecule has 1 nitrogen and oxygen atoms in total. The van der Waals surface area contributed by atoms with Crippen LogP contribution in [-0.2, 0) is 4.79 Å². The SMILES string of the molecule is CCCC12CCC(C(C)=O)C1(C)CCC1C2CCC2CC(C)CCC21C. The molecule has 0 heterocycles. The van der Waals surface area contributed by atoms with Crippen LogP contribution < -0.4 is 0 Å². The summed E-state index contributed by atoms with van der Waals surface area (Å²) >= 11 is 0. The zero-order valence-corrected chi connectivity index (χ0v) is 18.1. The molecule has 0 aliphatic heterocycles. The van der Waals surface area contributed by atoms with E-state index in [1.807, 2.05) is 6.92 Å². The Hall–Kier alpha value is -0.330. The van der Waals surface area contributed by atoms with Crippen LogP contribution in [0.1, 0.15) is 105 Å². The molecule has 4 aliphatic carbocycles. The predicted octanol–water partition coefficient (Wildman–Crippen LogP) is 7.04. The van der Waals surface area contributed by atoms with Crippen LogP contribution in [0.3, 0.4) is 0 Å². The highest BCUT2D eigenvalue weighted by Gasteiger charge is 2.67. The van der Waals surface area contributed by atoms with Crippen LogP contribution in [0.2, 0.25) is 0 Å². The van der Waals surface area contributed by atoms with E-state index in [9.17, 15) is 4.79 Å². The Morgan fingerprint density at radius 2 is 1.73 bits per heavy atom. The molecule has 148 valence electrons. The Kier molecular flexibility index (Phi) is 4.64. The second-order valence-electron chi connectivity index (χ2n) is 11.4. The van der Waals surface area contributed by atoms with Crippen LogP contribution in [-0.4, -0.2) is 5.78 Å². The van der Waals surface area contributed by atoms with Gasteiger partial charge in [-0.15, -0.1) is 0 Å². The van der Waals surface area contributed by atoms with E-state index in [2.05, 4.69) is 27.7 Å². The van der Waals surface area contributed by atoms with Crippen molar-refractivity contribution in [1.82, 2.24) is 0 Å². The number of ketones is 1. The van der Waals surface area contributed by atoms with Crippen LogP contribution in [0.5, 0.6) is 0 Å². The molecule has 0 aromatic rings. The fourth-order valence-corrected chi connectivity index (χ4v) is 9.34. The monoisotopic (exact) mass is 358 g/mol. The van der Waals surface area contributed by atoms with Crippen molar-refractivity contribution in [2.24, 2.45) is 45.8 Å². The van der Waals surface area contributed by atoms with Crippen molar-refractivity contribution in [3.8, 4) is 0 Å². The maximum atomic E-state index is 12.5. The average Bonchev–Trinajstić information content (AvgIpc) is 2.89. The molecule has 4 rings (SSSR count). The minimum absolute atomic E-state index is 0.279. The van der Waals surface area contributed by atoms with Gasteiger partial charge in [0.1, 0.15) is 5.78 Å². The third-order valence-corrected chi connectivity index (χ3v) is 10.6. The summed E-state index contributed by atoms with van der Waals surface area (Å²) in [5.41, 5.74) is 1.32. The Labute approximate surface area is 162 Å². The number of fused-ring (bicyclic) bond motifs is 5. The van der Waals surface area contributed by atoms with Gasteiger partial charge in [-0.05, 0) is 105 Å². The van der Waals surface area contributed by atoms with Gasteiger partial charge in [0, 0.05) is 5.92 Å². The van der Waals surface area contributed by atoms with Gasteiger partial charge in [-0.1, -0.05) is 40.5 Å². The Morgan fingerprint density at radius 1 is 0.962 bits per heavy atom. The van der Waals surface area contributed by atoms with E-state index < -0.39 is 0 Å².